The van der Waals surface area contributed by atoms with Crippen LogP contribution in [0.2, 0.25) is 0 Å². The minimum absolute atomic E-state index is 0.0324. The Balaban J connectivity index is 2.23. The molecule has 2 aromatic rings. The molecule has 6 heteroatoms. The van der Waals surface area contributed by atoms with Crippen molar-refractivity contribution >= 4 is 17.7 Å². The number of hydrogen-bond acceptors (Lipinski definition) is 4. The minimum atomic E-state index is -0.231. The molecule has 1 aromatic heterocycles. The Bertz CT molecular complexity index is 754. The number of nitrogens with one attached hydrogen (secondary N) is 1. The van der Waals surface area contributed by atoms with Gasteiger partial charge in [-0.1, -0.05) is 49.4 Å². The maximum absolute atomic E-state index is 12.5. The monoisotopic (exact) mass is 374 g/mol. The molecular weight excluding hydrogens is 344 g/mol. The summed E-state index contributed by atoms with van der Waals surface area (Å²) in [6.45, 7) is 13.1. The lowest BCUT2D eigenvalue weighted by Gasteiger charge is -2.26. The minimum Gasteiger partial charge on any atom is -0.350 e. The first-order valence-corrected chi connectivity index (χ1v) is 10.1. The van der Waals surface area contributed by atoms with E-state index in [0.717, 1.165) is 35.9 Å². The van der Waals surface area contributed by atoms with E-state index in [4.69, 9.17) is 0 Å². The van der Waals surface area contributed by atoms with Crippen molar-refractivity contribution in [3.63, 3.8) is 0 Å². The molecule has 0 bridgehead atoms. The summed E-state index contributed by atoms with van der Waals surface area (Å²) < 4.78 is 2.12. The molecule has 1 atom stereocenters. The van der Waals surface area contributed by atoms with Crippen LogP contribution in [0.4, 0.5) is 0 Å². The molecule has 2 rings (SSSR count). The maximum Gasteiger partial charge on any atom is 0.233 e. The molecule has 1 heterocycles. The highest BCUT2D eigenvalue weighted by atomic mass is 32.2. The van der Waals surface area contributed by atoms with E-state index >= 15 is 0 Å². The average molecular weight is 375 g/mol. The van der Waals surface area contributed by atoms with E-state index in [2.05, 4.69) is 59.1 Å². The lowest BCUT2D eigenvalue weighted by molar-refractivity contribution is -0.121. The summed E-state index contributed by atoms with van der Waals surface area (Å²) in [5.74, 6) is 0.893. The van der Waals surface area contributed by atoms with Crippen LogP contribution in [0.3, 0.4) is 0 Å². The number of carbonyl (C=O) groups is 1. The number of hydrogen-bond donors (Lipinski definition) is 1. The van der Waals surface area contributed by atoms with Crippen LogP contribution in [-0.4, -0.2) is 31.5 Å². The first-order valence-electron chi connectivity index (χ1n) is 9.26. The van der Waals surface area contributed by atoms with Gasteiger partial charge in [-0.3, -0.25) is 4.79 Å². The van der Waals surface area contributed by atoms with Gasteiger partial charge in [0, 0.05) is 17.6 Å². The molecule has 26 heavy (non-hydrogen) atoms. The number of carbonyl (C=O) groups excluding carboxylic acids is 1. The third-order valence-electron chi connectivity index (χ3n) is 4.44. The van der Waals surface area contributed by atoms with Gasteiger partial charge >= 0.3 is 0 Å². The van der Waals surface area contributed by atoms with Crippen LogP contribution in [0.25, 0.3) is 11.4 Å². The van der Waals surface area contributed by atoms with Crippen molar-refractivity contribution in [3.8, 4) is 11.4 Å². The van der Waals surface area contributed by atoms with Crippen LogP contribution in [0.1, 0.15) is 53.0 Å². The number of nitrogens with zero attached hydrogens (tertiary/aromatic N) is 3. The number of amides is 1. The largest absolute Gasteiger partial charge is 0.350 e. The van der Waals surface area contributed by atoms with Crippen molar-refractivity contribution in [2.45, 2.75) is 76.9 Å². The highest BCUT2D eigenvalue weighted by molar-refractivity contribution is 8.00. The van der Waals surface area contributed by atoms with Gasteiger partial charge in [-0.05, 0) is 46.6 Å². The second-order valence-electron chi connectivity index (χ2n) is 7.31. The van der Waals surface area contributed by atoms with Gasteiger partial charge < -0.3 is 9.88 Å². The highest BCUT2D eigenvalue weighted by Crippen LogP contribution is 2.28. The molecule has 0 aliphatic heterocycles. The molecule has 1 aromatic carbocycles. The van der Waals surface area contributed by atoms with Crippen LogP contribution in [0, 0.1) is 6.92 Å². The Kier molecular flexibility index (Phi) is 6.87. The normalized spacial score (nSPS) is 12.8. The van der Waals surface area contributed by atoms with E-state index < -0.39 is 0 Å². The Morgan fingerprint density at radius 2 is 2.04 bits per heavy atom. The smallest absolute Gasteiger partial charge is 0.233 e. The molecule has 0 saturated carbocycles. The number of benzene rings is 1. The lowest BCUT2D eigenvalue weighted by Crippen LogP contribution is -2.46. The summed E-state index contributed by atoms with van der Waals surface area (Å²) >= 11 is 1.47. The molecular formula is C20H30N4OS. The molecule has 0 aliphatic rings. The highest BCUT2D eigenvalue weighted by Gasteiger charge is 2.25. The Morgan fingerprint density at radius 3 is 2.65 bits per heavy atom. The summed E-state index contributed by atoms with van der Waals surface area (Å²) in [6.07, 6.45) is 1.87. The Morgan fingerprint density at radius 1 is 1.31 bits per heavy atom. The molecule has 1 amide bonds. The molecule has 0 spiro atoms. The summed E-state index contributed by atoms with van der Waals surface area (Å²) in [7, 11) is 0. The lowest BCUT2D eigenvalue weighted by atomic mass is 10.0. The van der Waals surface area contributed by atoms with Gasteiger partial charge in [0.1, 0.15) is 0 Å². The number of rotatable bonds is 8. The standard InChI is InChI=1S/C20H30N4OS/c1-7-12-24-17(16-11-9-10-14(3)13-16)22-23-19(24)26-15(4)18(25)21-20(5,6)8-2/h9-11,13,15H,7-8,12H2,1-6H3,(H,21,25). The second-order valence-corrected chi connectivity index (χ2v) is 8.62. The van der Waals surface area contributed by atoms with E-state index in [1.54, 1.807) is 0 Å². The molecule has 0 saturated heterocycles. The van der Waals surface area contributed by atoms with Crippen molar-refractivity contribution in [2.24, 2.45) is 0 Å². The van der Waals surface area contributed by atoms with Gasteiger partial charge in [-0.15, -0.1) is 10.2 Å². The molecule has 1 N–H and O–H groups in total. The van der Waals surface area contributed by atoms with Gasteiger partial charge in [0.05, 0.1) is 5.25 Å². The van der Waals surface area contributed by atoms with Crippen LogP contribution in [0.15, 0.2) is 29.4 Å². The summed E-state index contributed by atoms with van der Waals surface area (Å²) in [6, 6.07) is 8.27. The third-order valence-corrected chi connectivity index (χ3v) is 5.52. The number of aryl methyl sites for hydroxylation is 1. The molecule has 0 radical (unpaired) electrons. The van der Waals surface area contributed by atoms with Gasteiger partial charge in [-0.2, -0.15) is 0 Å². The van der Waals surface area contributed by atoms with Crippen LogP contribution in [-0.2, 0) is 11.3 Å². The zero-order valence-electron chi connectivity index (χ0n) is 16.7. The fourth-order valence-corrected chi connectivity index (χ4v) is 3.41. The predicted octanol–water partition coefficient (Wildman–Crippen LogP) is 4.45. The zero-order valence-corrected chi connectivity index (χ0v) is 17.5. The van der Waals surface area contributed by atoms with Crippen molar-refractivity contribution in [1.29, 1.82) is 0 Å². The fourth-order valence-electron chi connectivity index (χ4n) is 2.53. The predicted molar refractivity (Wildman–Crippen MR) is 108 cm³/mol. The van der Waals surface area contributed by atoms with Crippen LogP contribution < -0.4 is 5.32 Å². The molecule has 1 unspecified atom stereocenters. The number of aromatic nitrogens is 3. The van der Waals surface area contributed by atoms with Gasteiger partial charge in [0.25, 0.3) is 0 Å². The van der Waals surface area contributed by atoms with Crippen molar-refractivity contribution in [1.82, 2.24) is 20.1 Å². The van der Waals surface area contributed by atoms with E-state index in [0.29, 0.717) is 0 Å². The van der Waals surface area contributed by atoms with E-state index in [9.17, 15) is 4.79 Å². The van der Waals surface area contributed by atoms with Gasteiger partial charge in [0.15, 0.2) is 11.0 Å². The summed E-state index contributed by atoms with van der Waals surface area (Å²) in [5.41, 5.74) is 2.05. The maximum atomic E-state index is 12.5. The molecule has 142 valence electrons. The fraction of sp³-hybridized carbons (Fsp3) is 0.550. The summed E-state index contributed by atoms with van der Waals surface area (Å²) in [5, 5.41) is 12.5. The molecule has 5 nitrogen and oxygen atoms in total. The quantitative estimate of drug-likeness (QED) is 0.694. The zero-order chi connectivity index (χ0) is 19.3. The van der Waals surface area contributed by atoms with Gasteiger partial charge in [-0.25, -0.2) is 0 Å². The van der Waals surface area contributed by atoms with E-state index in [1.165, 1.54) is 17.3 Å². The summed E-state index contributed by atoms with van der Waals surface area (Å²) in [4.78, 5) is 12.5. The SMILES string of the molecule is CCCn1c(SC(C)C(=O)NC(C)(C)CC)nnc1-c1cccc(C)c1. The topological polar surface area (TPSA) is 59.8 Å². The Labute approximate surface area is 161 Å². The van der Waals surface area contributed by atoms with Crippen LogP contribution in [0.5, 0.6) is 0 Å². The van der Waals surface area contributed by atoms with Crippen molar-refractivity contribution in [2.75, 3.05) is 0 Å². The first kappa shape index (κ1) is 20.5. The van der Waals surface area contributed by atoms with E-state index in [1.807, 2.05) is 26.8 Å². The van der Waals surface area contributed by atoms with E-state index in [-0.39, 0.29) is 16.7 Å². The average Bonchev–Trinajstić information content (AvgIpc) is 2.97. The second kappa shape index (κ2) is 8.71. The molecule has 0 aliphatic carbocycles. The van der Waals surface area contributed by atoms with Crippen LogP contribution >= 0.6 is 11.8 Å². The first-order chi connectivity index (χ1) is 12.3. The van der Waals surface area contributed by atoms with Crippen molar-refractivity contribution < 1.29 is 4.79 Å². The molecule has 0 fully saturated rings. The third kappa shape index (κ3) is 5.10. The van der Waals surface area contributed by atoms with Crippen molar-refractivity contribution in [3.05, 3.63) is 29.8 Å². The number of thioether (sulfide) groups is 1. The Hall–Kier alpha value is -1.82. The van der Waals surface area contributed by atoms with Gasteiger partial charge in [0.2, 0.25) is 5.91 Å².